The van der Waals surface area contributed by atoms with E-state index in [1.165, 1.54) is 0 Å². The molecule has 0 radical (unpaired) electrons. The highest BCUT2D eigenvalue weighted by Crippen LogP contribution is 2.23. The fourth-order valence-electron chi connectivity index (χ4n) is 3.09. The first-order valence-corrected chi connectivity index (χ1v) is 9.07. The van der Waals surface area contributed by atoms with E-state index in [-0.39, 0.29) is 17.6 Å². The van der Waals surface area contributed by atoms with Gasteiger partial charge in [0.2, 0.25) is 5.88 Å². The van der Waals surface area contributed by atoms with E-state index in [0.29, 0.717) is 27.6 Å². The van der Waals surface area contributed by atoms with Crippen molar-refractivity contribution >= 4 is 11.7 Å². The van der Waals surface area contributed by atoms with Crippen LogP contribution in [0.3, 0.4) is 0 Å². The van der Waals surface area contributed by atoms with Crippen molar-refractivity contribution in [2.24, 2.45) is 4.99 Å². The zero-order valence-corrected chi connectivity index (χ0v) is 15.1. The summed E-state index contributed by atoms with van der Waals surface area (Å²) in [5.74, 6) is -0.255. The first-order valence-electron chi connectivity index (χ1n) is 9.07. The monoisotopic (exact) mass is 385 g/mol. The summed E-state index contributed by atoms with van der Waals surface area (Å²) in [5, 5.41) is 24.1. The lowest BCUT2D eigenvalue weighted by atomic mass is 10.1. The summed E-state index contributed by atoms with van der Waals surface area (Å²) in [4.78, 5) is 25.7. The average Bonchev–Trinajstić information content (AvgIpc) is 3.36. The van der Waals surface area contributed by atoms with Gasteiger partial charge in [-0.2, -0.15) is 14.9 Å². The number of fused-ring (bicyclic) bond motifs is 1. The summed E-state index contributed by atoms with van der Waals surface area (Å²) in [7, 11) is 0. The third-order valence-electron chi connectivity index (χ3n) is 4.66. The van der Waals surface area contributed by atoms with Crippen LogP contribution >= 0.6 is 0 Å². The number of aromatic amines is 2. The molecule has 5 rings (SSSR count). The third kappa shape index (κ3) is 3.17. The van der Waals surface area contributed by atoms with Gasteiger partial charge in [0.05, 0.1) is 29.6 Å². The number of nitrogens with zero attached hydrogens (tertiary/aromatic N) is 5. The lowest BCUT2D eigenvalue weighted by Gasteiger charge is -2.03. The van der Waals surface area contributed by atoms with Crippen LogP contribution in [0.25, 0.3) is 23.0 Å². The van der Waals surface area contributed by atoms with Gasteiger partial charge in [-0.15, -0.1) is 0 Å². The zero-order valence-electron chi connectivity index (χ0n) is 15.1. The number of aromatic nitrogens is 5. The second-order valence-corrected chi connectivity index (χ2v) is 6.87. The second kappa shape index (κ2) is 6.45. The maximum atomic E-state index is 11.4. The molecule has 9 heteroatoms. The van der Waals surface area contributed by atoms with E-state index < -0.39 is 5.69 Å². The Morgan fingerprint density at radius 2 is 2.17 bits per heavy atom. The van der Waals surface area contributed by atoms with Crippen molar-refractivity contribution in [2.45, 2.75) is 18.9 Å². The lowest BCUT2D eigenvalue weighted by Crippen LogP contribution is -2.19. The van der Waals surface area contributed by atoms with Gasteiger partial charge in [-0.05, 0) is 31.1 Å². The normalized spacial score (nSPS) is 15.1. The van der Waals surface area contributed by atoms with E-state index in [2.05, 4.69) is 21.1 Å². The Bertz CT molecular complexity index is 1470. The minimum absolute atomic E-state index is 0.240. The quantitative estimate of drug-likeness (QED) is 0.475. The van der Waals surface area contributed by atoms with Gasteiger partial charge in [0, 0.05) is 16.8 Å². The van der Waals surface area contributed by atoms with E-state index in [4.69, 9.17) is 9.98 Å². The number of nitrogens with one attached hydrogen (secondary N) is 2. The van der Waals surface area contributed by atoms with E-state index in [1.54, 1.807) is 28.9 Å². The predicted molar refractivity (Wildman–Crippen MR) is 104 cm³/mol. The van der Waals surface area contributed by atoms with Crippen molar-refractivity contribution < 1.29 is 5.11 Å². The minimum Gasteiger partial charge on any atom is -0.493 e. The second-order valence-electron chi connectivity index (χ2n) is 6.87. The topological polar surface area (TPSA) is 135 Å². The molecule has 0 aliphatic heterocycles. The molecule has 0 amide bonds. The van der Waals surface area contributed by atoms with E-state index in [0.717, 1.165) is 18.4 Å². The SMILES string of the molecule is N#Cc1cccc(-c2cc(=NC3CC3)n3nc/c(=C\c4[nH]c(=O)[nH]c4O)c3n2)c1. The zero-order chi connectivity index (χ0) is 20.0. The summed E-state index contributed by atoms with van der Waals surface area (Å²) in [5.41, 5.74) is 2.94. The average molecular weight is 385 g/mol. The van der Waals surface area contributed by atoms with Crippen molar-refractivity contribution in [1.29, 1.82) is 5.26 Å². The first-order chi connectivity index (χ1) is 14.1. The van der Waals surface area contributed by atoms with Crippen LogP contribution in [-0.4, -0.2) is 35.7 Å². The fourth-order valence-corrected chi connectivity index (χ4v) is 3.09. The fraction of sp³-hybridized carbons (Fsp3) is 0.150. The summed E-state index contributed by atoms with van der Waals surface area (Å²) < 4.78 is 1.64. The molecule has 0 spiro atoms. The highest BCUT2D eigenvalue weighted by Gasteiger charge is 2.20. The van der Waals surface area contributed by atoms with Gasteiger partial charge < -0.3 is 10.1 Å². The molecule has 0 bridgehead atoms. The van der Waals surface area contributed by atoms with E-state index in [1.807, 2.05) is 18.2 Å². The molecule has 4 aromatic rings. The molecule has 0 atom stereocenters. The molecular formula is C20H15N7O2. The molecule has 3 aromatic heterocycles. The molecule has 3 N–H and O–H groups in total. The standard InChI is InChI=1S/C20H15N7O2/c21-9-11-2-1-3-12(6-11)15-8-17(23-14-4-5-14)27-18(24-15)13(10-22-27)7-16-19(28)26-20(29)25-16/h1-3,6-8,10,14,28H,4-5H2,(H2,25,26,29)/b13-7+,23-17?. The van der Waals surface area contributed by atoms with Gasteiger partial charge in [-0.1, -0.05) is 12.1 Å². The van der Waals surface area contributed by atoms with Gasteiger partial charge in [-0.25, -0.2) is 9.78 Å². The van der Waals surface area contributed by atoms with Gasteiger partial charge in [0.25, 0.3) is 0 Å². The first kappa shape index (κ1) is 16.9. The van der Waals surface area contributed by atoms with Gasteiger partial charge in [-0.3, -0.25) is 9.98 Å². The van der Waals surface area contributed by atoms with E-state index >= 15 is 0 Å². The lowest BCUT2D eigenvalue weighted by molar-refractivity contribution is 0.454. The Morgan fingerprint density at radius 3 is 2.90 bits per heavy atom. The van der Waals surface area contributed by atoms with Gasteiger partial charge >= 0.3 is 5.69 Å². The summed E-state index contributed by atoms with van der Waals surface area (Å²) >= 11 is 0. The van der Waals surface area contributed by atoms with Crippen LogP contribution in [0.5, 0.6) is 5.88 Å². The number of nitriles is 1. The molecular weight excluding hydrogens is 370 g/mol. The Morgan fingerprint density at radius 1 is 1.31 bits per heavy atom. The van der Waals surface area contributed by atoms with Crippen LogP contribution < -0.4 is 16.4 Å². The van der Waals surface area contributed by atoms with Crippen molar-refractivity contribution in [3.63, 3.8) is 0 Å². The Hall–Kier alpha value is -4.19. The Kier molecular flexibility index (Phi) is 3.77. The molecule has 1 aliphatic rings. The van der Waals surface area contributed by atoms with Crippen LogP contribution in [0.4, 0.5) is 0 Å². The highest BCUT2D eigenvalue weighted by atomic mass is 16.3. The summed E-state index contributed by atoms with van der Waals surface area (Å²) in [6.07, 6.45) is 5.29. The molecule has 29 heavy (non-hydrogen) atoms. The molecule has 0 saturated heterocycles. The number of H-pyrrole nitrogens is 2. The maximum Gasteiger partial charge on any atom is 0.326 e. The minimum atomic E-state index is -0.503. The highest BCUT2D eigenvalue weighted by molar-refractivity contribution is 5.64. The summed E-state index contributed by atoms with van der Waals surface area (Å²) in [6.45, 7) is 0. The van der Waals surface area contributed by atoms with Crippen LogP contribution in [0.1, 0.15) is 24.1 Å². The molecule has 1 aromatic carbocycles. The molecule has 1 fully saturated rings. The third-order valence-corrected chi connectivity index (χ3v) is 4.66. The van der Waals surface area contributed by atoms with Crippen molar-refractivity contribution in [1.82, 2.24) is 24.6 Å². The van der Waals surface area contributed by atoms with Crippen LogP contribution in [0, 0.1) is 11.3 Å². The molecule has 1 aliphatic carbocycles. The molecule has 9 nitrogen and oxygen atoms in total. The molecule has 0 unspecified atom stereocenters. The number of rotatable bonds is 3. The molecule has 1 saturated carbocycles. The van der Waals surface area contributed by atoms with Crippen molar-refractivity contribution in [3.05, 3.63) is 69.0 Å². The van der Waals surface area contributed by atoms with Gasteiger partial charge in [0.1, 0.15) is 5.69 Å². The Labute approximate surface area is 163 Å². The van der Waals surface area contributed by atoms with Crippen molar-refractivity contribution in [2.75, 3.05) is 0 Å². The number of aromatic hydroxyl groups is 1. The Balaban J connectivity index is 1.78. The number of hydrogen-bond acceptors (Lipinski definition) is 6. The van der Waals surface area contributed by atoms with Crippen LogP contribution in [-0.2, 0) is 0 Å². The van der Waals surface area contributed by atoms with E-state index in [9.17, 15) is 15.2 Å². The number of imidazole rings is 1. The smallest absolute Gasteiger partial charge is 0.326 e. The van der Waals surface area contributed by atoms with Gasteiger partial charge in [0.15, 0.2) is 11.1 Å². The summed E-state index contributed by atoms with van der Waals surface area (Å²) in [6, 6.07) is 11.5. The van der Waals surface area contributed by atoms with Crippen LogP contribution in [0.15, 0.2) is 46.3 Å². The molecule has 3 heterocycles. The van der Waals surface area contributed by atoms with Crippen LogP contribution in [0.2, 0.25) is 0 Å². The predicted octanol–water partition coefficient (Wildman–Crippen LogP) is 0.601. The number of hydrogen-bond donors (Lipinski definition) is 3. The van der Waals surface area contributed by atoms with Crippen molar-refractivity contribution in [3.8, 4) is 23.2 Å². The number of benzene rings is 1. The molecule has 142 valence electrons. The maximum absolute atomic E-state index is 11.4. The largest absolute Gasteiger partial charge is 0.493 e.